The van der Waals surface area contributed by atoms with Crippen LogP contribution in [0.15, 0.2) is 30.5 Å². The molecule has 158 valence electrons. The van der Waals surface area contributed by atoms with Crippen molar-refractivity contribution in [2.45, 2.75) is 31.5 Å². The number of urea groups is 1. The van der Waals surface area contributed by atoms with Gasteiger partial charge < -0.3 is 4.90 Å². The largest absolute Gasteiger partial charge is 0.389 e. The number of ketones is 1. The summed E-state index contributed by atoms with van der Waals surface area (Å²) in [5, 5.41) is 2.66. The molecule has 7 nitrogen and oxygen atoms in total. The molecule has 0 aliphatic carbocycles. The van der Waals surface area contributed by atoms with Crippen molar-refractivity contribution in [1.29, 1.82) is 0 Å². The highest BCUT2D eigenvalue weighted by molar-refractivity contribution is 6.34. The molecule has 2 amide bonds. The Morgan fingerprint density at radius 3 is 2.80 bits per heavy atom. The molecule has 2 aliphatic heterocycles. The Morgan fingerprint density at radius 2 is 2.10 bits per heavy atom. The van der Waals surface area contributed by atoms with Crippen LogP contribution in [-0.2, 0) is 0 Å². The Kier molecular flexibility index (Phi) is 5.27. The number of carbonyl (C=O) groups excluding carboxylic acids is 2. The highest BCUT2D eigenvalue weighted by Crippen LogP contribution is 2.41. The lowest BCUT2D eigenvalue weighted by molar-refractivity contribution is -0.133. The van der Waals surface area contributed by atoms with Crippen LogP contribution in [0, 0.1) is 0 Å². The van der Waals surface area contributed by atoms with Gasteiger partial charge in [0.2, 0.25) is 0 Å². The first-order valence-corrected chi connectivity index (χ1v) is 9.67. The minimum Gasteiger partial charge on any atom is -0.366 e. The van der Waals surface area contributed by atoms with Gasteiger partial charge in [0.15, 0.2) is 11.6 Å². The second kappa shape index (κ2) is 7.75. The Hall–Kier alpha value is -2.88. The summed E-state index contributed by atoms with van der Waals surface area (Å²) in [6.07, 6.45) is -4.27. The van der Waals surface area contributed by atoms with Crippen molar-refractivity contribution in [3.63, 3.8) is 0 Å². The number of hydrogen-bond acceptors (Lipinski definition) is 5. The Balaban J connectivity index is 1.66. The van der Waals surface area contributed by atoms with Gasteiger partial charge >= 0.3 is 12.2 Å². The molecule has 4 rings (SSSR count). The summed E-state index contributed by atoms with van der Waals surface area (Å²) in [4.78, 5) is 37.1. The zero-order chi connectivity index (χ0) is 21.5. The van der Waals surface area contributed by atoms with Gasteiger partial charge in [-0.2, -0.15) is 13.2 Å². The Labute approximate surface area is 174 Å². The van der Waals surface area contributed by atoms with Crippen molar-refractivity contribution in [2.75, 3.05) is 28.2 Å². The van der Waals surface area contributed by atoms with Crippen LogP contribution in [0.4, 0.5) is 35.3 Å². The van der Waals surface area contributed by atoms with E-state index >= 15 is 0 Å². The van der Waals surface area contributed by atoms with Gasteiger partial charge in [0.25, 0.3) is 0 Å². The van der Waals surface area contributed by atoms with E-state index in [0.29, 0.717) is 31.0 Å². The SMILES string of the molecule is O=C(CCC(F)(F)F)c1nc2c(cc1Cl)N1CC[C@@H](C1)N2C(=O)Nc1ccccn1. The number of amides is 2. The average molecular weight is 440 g/mol. The van der Waals surface area contributed by atoms with Crippen molar-refractivity contribution in [2.24, 2.45) is 0 Å². The zero-order valence-corrected chi connectivity index (χ0v) is 16.4. The number of carbonyl (C=O) groups is 2. The minimum atomic E-state index is -4.46. The van der Waals surface area contributed by atoms with Gasteiger partial charge in [-0.1, -0.05) is 17.7 Å². The summed E-state index contributed by atoms with van der Waals surface area (Å²) < 4.78 is 37.5. The number of nitrogens with zero attached hydrogens (tertiary/aromatic N) is 4. The van der Waals surface area contributed by atoms with Crippen LogP contribution in [-0.4, -0.2) is 47.1 Å². The molecule has 1 saturated heterocycles. The molecule has 0 radical (unpaired) electrons. The highest BCUT2D eigenvalue weighted by Gasteiger charge is 2.41. The molecule has 30 heavy (non-hydrogen) atoms. The fourth-order valence-electron chi connectivity index (χ4n) is 3.66. The van der Waals surface area contributed by atoms with Gasteiger partial charge in [-0.3, -0.25) is 15.0 Å². The zero-order valence-electron chi connectivity index (χ0n) is 15.6. The van der Waals surface area contributed by atoms with Crippen LogP contribution >= 0.6 is 11.6 Å². The first kappa shape index (κ1) is 20.4. The first-order valence-electron chi connectivity index (χ1n) is 9.29. The highest BCUT2D eigenvalue weighted by atomic mass is 35.5. The summed E-state index contributed by atoms with van der Waals surface area (Å²) in [5.41, 5.74) is 0.301. The molecular weight excluding hydrogens is 423 g/mol. The van der Waals surface area contributed by atoms with E-state index in [1.54, 1.807) is 18.2 Å². The third-order valence-corrected chi connectivity index (χ3v) is 5.34. The molecule has 4 heterocycles. The monoisotopic (exact) mass is 439 g/mol. The quantitative estimate of drug-likeness (QED) is 0.719. The molecule has 0 saturated carbocycles. The molecule has 0 aromatic carbocycles. The first-order chi connectivity index (χ1) is 14.2. The summed E-state index contributed by atoms with van der Waals surface area (Å²) in [5.74, 6) is -0.269. The molecule has 2 aliphatic rings. The van der Waals surface area contributed by atoms with E-state index in [4.69, 9.17) is 11.6 Å². The van der Waals surface area contributed by atoms with E-state index in [1.165, 1.54) is 17.2 Å². The lowest BCUT2D eigenvalue weighted by Crippen LogP contribution is -2.48. The molecule has 1 N–H and O–H groups in total. The second-order valence-corrected chi connectivity index (χ2v) is 7.51. The van der Waals surface area contributed by atoms with Crippen LogP contribution in [0.2, 0.25) is 5.02 Å². The Bertz CT molecular complexity index is 986. The van der Waals surface area contributed by atoms with Gasteiger partial charge in [0.05, 0.1) is 23.2 Å². The average Bonchev–Trinajstić information content (AvgIpc) is 3.11. The number of fused-ring (bicyclic) bond motifs is 4. The van der Waals surface area contributed by atoms with E-state index in [0.717, 1.165) is 0 Å². The van der Waals surface area contributed by atoms with Crippen LogP contribution in [0.25, 0.3) is 0 Å². The Morgan fingerprint density at radius 1 is 1.30 bits per heavy atom. The number of pyridine rings is 2. The molecule has 0 unspecified atom stereocenters. The third-order valence-electron chi connectivity index (χ3n) is 5.05. The van der Waals surface area contributed by atoms with Crippen LogP contribution in [0.1, 0.15) is 29.8 Å². The summed E-state index contributed by atoms with van der Waals surface area (Å²) in [6.45, 7) is 1.24. The third kappa shape index (κ3) is 4.04. The van der Waals surface area contributed by atoms with Crippen molar-refractivity contribution in [3.05, 3.63) is 41.2 Å². The molecule has 2 bridgehead atoms. The van der Waals surface area contributed by atoms with Crippen molar-refractivity contribution < 1.29 is 22.8 Å². The molecule has 1 fully saturated rings. The number of nitrogens with one attached hydrogen (secondary N) is 1. The maximum absolute atomic E-state index is 13.0. The number of halogens is 4. The van der Waals surface area contributed by atoms with Gasteiger partial charge in [-0.15, -0.1) is 0 Å². The fourth-order valence-corrected chi connectivity index (χ4v) is 3.91. The summed E-state index contributed by atoms with van der Waals surface area (Å²) in [6, 6.07) is 5.89. The minimum absolute atomic E-state index is 0.0311. The van der Waals surface area contributed by atoms with Crippen molar-refractivity contribution >= 4 is 40.7 Å². The van der Waals surface area contributed by atoms with Gasteiger partial charge in [-0.25, -0.2) is 14.8 Å². The van der Waals surface area contributed by atoms with E-state index < -0.39 is 30.8 Å². The number of aromatic nitrogens is 2. The maximum atomic E-state index is 13.0. The fraction of sp³-hybridized carbons (Fsp3) is 0.368. The maximum Gasteiger partial charge on any atom is 0.389 e. The molecule has 11 heteroatoms. The van der Waals surface area contributed by atoms with E-state index in [9.17, 15) is 22.8 Å². The van der Waals surface area contributed by atoms with Gasteiger partial charge in [0.1, 0.15) is 11.5 Å². The topological polar surface area (TPSA) is 78.4 Å². The molecular formula is C19H17ClF3N5O2. The lowest BCUT2D eigenvalue weighted by atomic mass is 10.1. The van der Waals surface area contributed by atoms with E-state index in [2.05, 4.69) is 15.3 Å². The smallest absolute Gasteiger partial charge is 0.366 e. The van der Waals surface area contributed by atoms with Crippen LogP contribution < -0.4 is 15.1 Å². The number of rotatable bonds is 4. The summed E-state index contributed by atoms with van der Waals surface area (Å²) in [7, 11) is 0. The lowest BCUT2D eigenvalue weighted by Gasteiger charge is -2.36. The summed E-state index contributed by atoms with van der Waals surface area (Å²) >= 11 is 6.18. The van der Waals surface area contributed by atoms with Gasteiger partial charge in [-0.05, 0) is 24.6 Å². The molecule has 1 atom stereocenters. The van der Waals surface area contributed by atoms with Crippen molar-refractivity contribution in [1.82, 2.24) is 9.97 Å². The predicted octanol–water partition coefficient (Wildman–Crippen LogP) is 4.29. The molecule has 2 aromatic rings. The van der Waals surface area contributed by atoms with E-state index in [1.807, 2.05) is 4.90 Å². The van der Waals surface area contributed by atoms with Gasteiger partial charge in [0, 0.05) is 25.7 Å². The number of hydrogen-bond donors (Lipinski definition) is 1. The second-order valence-electron chi connectivity index (χ2n) is 7.10. The predicted molar refractivity (Wildman–Crippen MR) is 105 cm³/mol. The standard InChI is InChI=1S/C19H17ClF3N5O2/c20-12-9-13-17(26-16(12)14(29)4-6-19(21,22)23)28(11-5-8-27(13)10-11)18(30)25-15-3-1-2-7-24-15/h1-3,7,9,11H,4-6,8,10H2,(H,24,25,30)/t11-/m0/s1. The molecule has 2 aromatic heterocycles. The van der Waals surface area contributed by atoms with Crippen molar-refractivity contribution in [3.8, 4) is 0 Å². The number of Topliss-reactive ketones (excluding diaryl/α,β-unsaturated/α-hetero) is 1. The normalized spacial score (nSPS) is 17.7. The van der Waals surface area contributed by atoms with E-state index in [-0.39, 0.29) is 22.6 Å². The van der Waals surface area contributed by atoms with Crippen LogP contribution in [0.3, 0.4) is 0 Å². The number of anilines is 3. The molecule has 0 spiro atoms. The number of alkyl halides is 3. The van der Waals surface area contributed by atoms with Crippen LogP contribution in [0.5, 0.6) is 0 Å².